The predicted molar refractivity (Wildman–Crippen MR) is 45.0 cm³/mol. The van der Waals surface area contributed by atoms with Crippen molar-refractivity contribution in [2.45, 2.75) is 6.61 Å². The fourth-order valence-corrected chi connectivity index (χ4v) is 0.918. The van der Waals surface area contributed by atoms with Gasteiger partial charge in [0.05, 0.1) is 6.61 Å². The smallest absolute Gasteiger partial charge is 0.0713 e. The summed E-state index contributed by atoms with van der Waals surface area (Å²) in [6.45, 7) is 0.621. The Bertz CT molecular complexity index is 225. The van der Waals surface area contributed by atoms with Crippen LogP contribution in [0.1, 0.15) is 5.56 Å². The van der Waals surface area contributed by atoms with Crippen LogP contribution in [0.15, 0.2) is 24.3 Å². The summed E-state index contributed by atoms with van der Waals surface area (Å²) < 4.78 is 4.96. The van der Waals surface area contributed by atoms with Crippen molar-refractivity contribution < 1.29 is 4.74 Å². The number of ether oxygens (including phenoxy) is 1. The van der Waals surface area contributed by atoms with Crippen LogP contribution in [0.25, 0.3) is 0 Å². The maximum absolute atomic E-state index is 5.22. The Morgan fingerprint density at radius 3 is 3.00 bits per heavy atom. The van der Waals surface area contributed by atoms with Gasteiger partial charge in [-0.15, -0.1) is 0 Å². The van der Waals surface area contributed by atoms with E-state index in [4.69, 9.17) is 10.6 Å². The molecule has 1 aromatic carbocycles. The average Bonchev–Trinajstić information content (AvgIpc) is 2.06. The zero-order valence-corrected chi connectivity index (χ0v) is 6.50. The molecule has 3 heteroatoms. The van der Waals surface area contributed by atoms with Gasteiger partial charge in [0.1, 0.15) is 0 Å². The highest BCUT2D eigenvalue weighted by Crippen LogP contribution is 2.09. The molecule has 0 radical (unpaired) electrons. The van der Waals surface area contributed by atoms with Crippen LogP contribution >= 0.6 is 0 Å². The minimum Gasteiger partial charge on any atom is -0.380 e. The number of rotatable bonds is 3. The summed E-state index contributed by atoms with van der Waals surface area (Å²) in [6.07, 6.45) is 0. The normalized spacial score (nSPS) is 9.64. The second kappa shape index (κ2) is 3.95. The van der Waals surface area contributed by atoms with Crippen LogP contribution in [0.3, 0.4) is 0 Å². The molecule has 0 fully saturated rings. The number of nitrogens with two attached hydrogens (primary N) is 1. The molecule has 0 aliphatic carbocycles. The van der Waals surface area contributed by atoms with Crippen LogP contribution in [0, 0.1) is 0 Å². The van der Waals surface area contributed by atoms with E-state index in [0.717, 1.165) is 11.3 Å². The number of hydrogen-bond donors (Lipinski definition) is 2. The van der Waals surface area contributed by atoms with Gasteiger partial charge in [-0.05, 0) is 17.7 Å². The molecule has 60 valence electrons. The highest BCUT2D eigenvalue weighted by Gasteiger charge is 1.91. The molecule has 0 aliphatic heterocycles. The van der Waals surface area contributed by atoms with Crippen molar-refractivity contribution in [1.82, 2.24) is 0 Å². The minimum absolute atomic E-state index is 0.621. The van der Waals surface area contributed by atoms with Crippen molar-refractivity contribution in [3.63, 3.8) is 0 Å². The molecule has 1 rings (SSSR count). The van der Waals surface area contributed by atoms with Crippen molar-refractivity contribution >= 4 is 5.69 Å². The number of nitrogen functional groups attached to an aromatic ring is 1. The number of nitrogens with one attached hydrogen (secondary N) is 1. The number of anilines is 1. The van der Waals surface area contributed by atoms with E-state index in [1.165, 1.54) is 0 Å². The van der Waals surface area contributed by atoms with Crippen LogP contribution in [-0.4, -0.2) is 7.11 Å². The van der Waals surface area contributed by atoms with Crippen molar-refractivity contribution in [3.8, 4) is 0 Å². The second-order valence-electron chi connectivity index (χ2n) is 2.28. The average molecular weight is 152 g/mol. The lowest BCUT2D eigenvalue weighted by atomic mass is 10.2. The predicted octanol–water partition coefficient (Wildman–Crippen LogP) is 1.12. The zero-order chi connectivity index (χ0) is 8.10. The van der Waals surface area contributed by atoms with Crippen LogP contribution in [0.2, 0.25) is 0 Å². The van der Waals surface area contributed by atoms with Crippen molar-refractivity contribution in [1.29, 1.82) is 0 Å². The van der Waals surface area contributed by atoms with Gasteiger partial charge in [-0.25, -0.2) is 0 Å². The Hall–Kier alpha value is -1.06. The number of benzene rings is 1. The first kappa shape index (κ1) is 8.04. The lowest BCUT2D eigenvalue weighted by Gasteiger charge is -2.02. The summed E-state index contributed by atoms with van der Waals surface area (Å²) in [5.41, 5.74) is 4.59. The molecule has 0 saturated carbocycles. The highest BCUT2D eigenvalue weighted by molar-refractivity contribution is 5.44. The lowest BCUT2D eigenvalue weighted by Crippen LogP contribution is -2.06. The van der Waals surface area contributed by atoms with E-state index in [0.29, 0.717) is 6.61 Å². The molecule has 0 amide bonds. The first-order valence-corrected chi connectivity index (χ1v) is 3.41. The molecule has 0 saturated heterocycles. The quantitative estimate of drug-likeness (QED) is 0.504. The van der Waals surface area contributed by atoms with Crippen LogP contribution in [0.5, 0.6) is 0 Å². The fraction of sp³-hybridized carbons (Fsp3) is 0.250. The molecule has 0 unspecified atom stereocenters. The summed E-state index contributed by atoms with van der Waals surface area (Å²) >= 11 is 0. The molecular formula is C8H12N2O. The Morgan fingerprint density at radius 1 is 1.55 bits per heavy atom. The third-order valence-corrected chi connectivity index (χ3v) is 1.40. The molecule has 11 heavy (non-hydrogen) atoms. The molecule has 1 aromatic rings. The number of hydrazine groups is 1. The lowest BCUT2D eigenvalue weighted by molar-refractivity contribution is 0.185. The second-order valence-corrected chi connectivity index (χ2v) is 2.28. The van der Waals surface area contributed by atoms with Crippen molar-refractivity contribution in [2.24, 2.45) is 5.84 Å². The maximum atomic E-state index is 5.22. The van der Waals surface area contributed by atoms with Gasteiger partial charge in [0, 0.05) is 12.8 Å². The zero-order valence-electron chi connectivity index (χ0n) is 6.50. The third-order valence-electron chi connectivity index (χ3n) is 1.40. The molecule has 3 N–H and O–H groups in total. The Balaban J connectivity index is 2.74. The minimum atomic E-state index is 0.621. The van der Waals surface area contributed by atoms with E-state index in [9.17, 15) is 0 Å². The van der Waals surface area contributed by atoms with Gasteiger partial charge in [-0.3, -0.25) is 5.84 Å². The Kier molecular flexibility index (Phi) is 2.89. The first-order valence-electron chi connectivity index (χ1n) is 3.41. The van der Waals surface area contributed by atoms with Crippen LogP contribution < -0.4 is 11.3 Å². The molecule has 0 aliphatic rings. The SMILES string of the molecule is COCc1cccc(NN)c1. The molecule has 0 bridgehead atoms. The van der Waals surface area contributed by atoms with Crippen molar-refractivity contribution in [2.75, 3.05) is 12.5 Å². The summed E-state index contributed by atoms with van der Waals surface area (Å²) in [5, 5.41) is 0. The van der Waals surface area contributed by atoms with Gasteiger partial charge in [0.15, 0.2) is 0 Å². The van der Waals surface area contributed by atoms with Gasteiger partial charge >= 0.3 is 0 Å². The molecule has 3 nitrogen and oxygen atoms in total. The third kappa shape index (κ3) is 2.22. The standard InChI is InChI=1S/C8H12N2O/c1-11-6-7-3-2-4-8(5-7)10-9/h2-5,10H,6,9H2,1H3. The van der Waals surface area contributed by atoms with Gasteiger partial charge in [-0.2, -0.15) is 0 Å². The number of methoxy groups -OCH3 is 1. The van der Waals surface area contributed by atoms with E-state index < -0.39 is 0 Å². The largest absolute Gasteiger partial charge is 0.380 e. The summed E-state index contributed by atoms with van der Waals surface area (Å²) in [6, 6.07) is 7.77. The van der Waals surface area contributed by atoms with Gasteiger partial charge < -0.3 is 10.2 Å². The Labute approximate surface area is 66.1 Å². The van der Waals surface area contributed by atoms with Crippen molar-refractivity contribution in [3.05, 3.63) is 29.8 Å². The molecule has 0 heterocycles. The molecule has 0 aromatic heterocycles. The van der Waals surface area contributed by atoms with E-state index in [2.05, 4.69) is 5.43 Å². The van der Waals surface area contributed by atoms with Gasteiger partial charge in [-0.1, -0.05) is 12.1 Å². The number of hydrogen-bond acceptors (Lipinski definition) is 3. The van der Waals surface area contributed by atoms with Gasteiger partial charge in [0.25, 0.3) is 0 Å². The van der Waals surface area contributed by atoms with E-state index in [1.807, 2.05) is 24.3 Å². The maximum Gasteiger partial charge on any atom is 0.0713 e. The summed E-state index contributed by atoms with van der Waals surface area (Å²) in [4.78, 5) is 0. The topological polar surface area (TPSA) is 47.3 Å². The van der Waals surface area contributed by atoms with Crippen LogP contribution in [-0.2, 0) is 11.3 Å². The summed E-state index contributed by atoms with van der Waals surface area (Å²) in [7, 11) is 1.67. The molecule has 0 atom stereocenters. The molecular weight excluding hydrogens is 140 g/mol. The first-order chi connectivity index (χ1) is 5.36. The van der Waals surface area contributed by atoms with Gasteiger partial charge in [0.2, 0.25) is 0 Å². The monoisotopic (exact) mass is 152 g/mol. The van der Waals surface area contributed by atoms with Crippen LogP contribution in [0.4, 0.5) is 5.69 Å². The summed E-state index contributed by atoms with van der Waals surface area (Å²) in [5.74, 6) is 5.22. The Morgan fingerprint density at radius 2 is 2.36 bits per heavy atom. The molecule has 0 spiro atoms. The highest BCUT2D eigenvalue weighted by atomic mass is 16.5. The van der Waals surface area contributed by atoms with E-state index >= 15 is 0 Å². The van der Waals surface area contributed by atoms with E-state index in [-0.39, 0.29) is 0 Å². The van der Waals surface area contributed by atoms with E-state index in [1.54, 1.807) is 7.11 Å². The fourth-order valence-electron chi connectivity index (χ4n) is 0.918.